The number of hydrogen-bond acceptors (Lipinski definition) is 3. The standard InChI is InChI=1S/C16H31N3/c1-15(13-18-11-9-17(2)10-12-18)19-8-7-16(14-19)5-3-4-6-16/h15H,3-14H2,1-2H3/t15-/m1/s1. The van der Waals surface area contributed by atoms with Crippen molar-refractivity contribution in [3.8, 4) is 0 Å². The molecule has 1 atom stereocenters. The highest BCUT2D eigenvalue weighted by molar-refractivity contribution is 4.95. The van der Waals surface area contributed by atoms with E-state index in [0.29, 0.717) is 0 Å². The summed E-state index contributed by atoms with van der Waals surface area (Å²) in [5, 5.41) is 0. The van der Waals surface area contributed by atoms with Gasteiger partial charge in [0.15, 0.2) is 0 Å². The molecule has 3 rings (SSSR count). The molecule has 0 bridgehead atoms. The summed E-state index contributed by atoms with van der Waals surface area (Å²) < 4.78 is 0. The normalized spacial score (nSPS) is 31.3. The van der Waals surface area contributed by atoms with Gasteiger partial charge in [0.05, 0.1) is 0 Å². The van der Waals surface area contributed by atoms with Crippen molar-refractivity contribution >= 4 is 0 Å². The monoisotopic (exact) mass is 265 g/mol. The van der Waals surface area contributed by atoms with Crippen molar-refractivity contribution in [3.05, 3.63) is 0 Å². The molecular formula is C16H31N3. The summed E-state index contributed by atoms with van der Waals surface area (Å²) in [7, 11) is 2.24. The first-order chi connectivity index (χ1) is 9.17. The van der Waals surface area contributed by atoms with Crippen molar-refractivity contribution in [1.82, 2.24) is 14.7 Å². The van der Waals surface area contributed by atoms with Crippen LogP contribution in [0.3, 0.4) is 0 Å². The fourth-order valence-corrected chi connectivity index (χ4v) is 4.40. The molecule has 0 aromatic rings. The second-order valence-corrected chi connectivity index (χ2v) is 7.38. The maximum atomic E-state index is 2.78. The fraction of sp³-hybridized carbons (Fsp3) is 1.00. The van der Waals surface area contributed by atoms with Gasteiger partial charge in [0, 0.05) is 45.3 Å². The molecule has 0 radical (unpaired) electrons. The number of likely N-dealkylation sites (N-methyl/N-ethyl adjacent to an activating group) is 1. The lowest BCUT2D eigenvalue weighted by molar-refractivity contribution is 0.110. The van der Waals surface area contributed by atoms with E-state index >= 15 is 0 Å². The summed E-state index contributed by atoms with van der Waals surface area (Å²) in [6.45, 7) is 11.5. The van der Waals surface area contributed by atoms with Crippen molar-refractivity contribution in [1.29, 1.82) is 0 Å². The molecule has 0 aromatic carbocycles. The minimum absolute atomic E-state index is 0.733. The van der Waals surface area contributed by atoms with E-state index in [0.717, 1.165) is 11.5 Å². The predicted molar refractivity (Wildman–Crippen MR) is 80.5 cm³/mol. The Hall–Kier alpha value is -0.120. The van der Waals surface area contributed by atoms with Crippen molar-refractivity contribution in [3.63, 3.8) is 0 Å². The van der Waals surface area contributed by atoms with Gasteiger partial charge in [0.1, 0.15) is 0 Å². The Balaban J connectivity index is 1.47. The Morgan fingerprint density at radius 2 is 1.63 bits per heavy atom. The summed E-state index contributed by atoms with van der Waals surface area (Å²) in [6.07, 6.45) is 7.46. The van der Waals surface area contributed by atoms with E-state index in [9.17, 15) is 0 Å². The van der Waals surface area contributed by atoms with Gasteiger partial charge in [-0.2, -0.15) is 0 Å². The summed E-state index contributed by atoms with van der Waals surface area (Å²) in [6, 6.07) is 0.753. The average molecular weight is 265 g/mol. The van der Waals surface area contributed by atoms with Gasteiger partial charge in [-0.3, -0.25) is 9.80 Å². The van der Waals surface area contributed by atoms with Crippen molar-refractivity contribution in [2.75, 3.05) is 52.9 Å². The van der Waals surface area contributed by atoms with Crippen LogP contribution in [0.4, 0.5) is 0 Å². The molecule has 2 saturated heterocycles. The van der Waals surface area contributed by atoms with E-state index in [-0.39, 0.29) is 0 Å². The zero-order chi connectivity index (χ0) is 13.3. The van der Waals surface area contributed by atoms with Gasteiger partial charge in [-0.25, -0.2) is 0 Å². The minimum atomic E-state index is 0.733. The predicted octanol–water partition coefficient (Wildman–Crippen LogP) is 1.89. The van der Waals surface area contributed by atoms with Gasteiger partial charge in [0.25, 0.3) is 0 Å². The number of nitrogens with zero attached hydrogens (tertiary/aromatic N) is 3. The first-order valence-corrected chi connectivity index (χ1v) is 8.32. The van der Waals surface area contributed by atoms with E-state index < -0.39 is 0 Å². The lowest BCUT2D eigenvalue weighted by atomic mass is 9.86. The molecule has 3 fully saturated rings. The third-order valence-electron chi connectivity index (χ3n) is 5.87. The largest absolute Gasteiger partial charge is 0.304 e. The molecule has 1 saturated carbocycles. The van der Waals surface area contributed by atoms with Crippen LogP contribution in [0.25, 0.3) is 0 Å². The fourth-order valence-electron chi connectivity index (χ4n) is 4.40. The third-order valence-corrected chi connectivity index (χ3v) is 5.87. The summed E-state index contributed by atoms with van der Waals surface area (Å²) in [5.41, 5.74) is 0.733. The van der Waals surface area contributed by atoms with Gasteiger partial charge in [-0.1, -0.05) is 12.8 Å². The Bertz CT molecular complexity index is 290. The van der Waals surface area contributed by atoms with Gasteiger partial charge in [0.2, 0.25) is 0 Å². The highest BCUT2D eigenvalue weighted by atomic mass is 15.3. The van der Waals surface area contributed by atoms with Crippen LogP contribution in [-0.2, 0) is 0 Å². The number of piperazine rings is 1. The van der Waals surface area contributed by atoms with E-state index in [4.69, 9.17) is 0 Å². The van der Waals surface area contributed by atoms with Crippen LogP contribution in [0, 0.1) is 5.41 Å². The van der Waals surface area contributed by atoms with Gasteiger partial charge < -0.3 is 4.90 Å². The number of rotatable bonds is 3. The first kappa shape index (κ1) is 13.8. The second-order valence-electron chi connectivity index (χ2n) is 7.38. The van der Waals surface area contributed by atoms with E-state index in [1.807, 2.05) is 0 Å². The van der Waals surface area contributed by atoms with Gasteiger partial charge in [-0.15, -0.1) is 0 Å². The van der Waals surface area contributed by atoms with Crippen LogP contribution in [0.2, 0.25) is 0 Å². The first-order valence-electron chi connectivity index (χ1n) is 8.32. The number of likely N-dealkylation sites (tertiary alicyclic amines) is 1. The average Bonchev–Trinajstić information content (AvgIpc) is 3.03. The molecular weight excluding hydrogens is 234 g/mol. The van der Waals surface area contributed by atoms with Crippen LogP contribution in [0.1, 0.15) is 39.0 Å². The summed E-state index contributed by atoms with van der Waals surface area (Å²) in [4.78, 5) is 7.90. The zero-order valence-corrected chi connectivity index (χ0v) is 12.9. The van der Waals surface area contributed by atoms with Gasteiger partial charge in [-0.05, 0) is 45.2 Å². The maximum absolute atomic E-state index is 2.78. The second kappa shape index (κ2) is 5.71. The Kier molecular flexibility index (Phi) is 4.16. The molecule has 1 aliphatic carbocycles. The van der Waals surface area contributed by atoms with Crippen LogP contribution in [0.15, 0.2) is 0 Å². The molecule has 0 aromatic heterocycles. The van der Waals surface area contributed by atoms with Gasteiger partial charge >= 0.3 is 0 Å². The molecule has 0 N–H and O–H groups in total. The molecule has 19 heavy (non-hydrogen) atoms. The highest BCUT2D eigenvalue weighted by Crippen LogP contribution is 2.45. The highest BCUT2D eigenvalue weighted by Gasteiger charge is 2.41. The summed E-state index contributed by atoms with van der Waals surface area (Å²) >= 11 is 0. The van der Waals surface area contributed by atoms with E-state index in [1.165, 1.54) is 77.9 Å². The van der Waals surface area contributed by atoms with E-state index in [1.54, 1.807) is 0 Å². The molecule has 2 heterocycles. The van der Waals surface area contributed by atoms with Crippen LogP contribution < -0.4 is 0 Å². The van der Waals surface area contributed by atoms with Crippen LogP contribution >= 0.6 is 0 Å². The van der Waals surface area contributed by atoms with Crippen molar-refractivity contribution in [2.45, 2.75) is 45.1 Å². The molecule has 3 nitrogen and oxygen atoms in total. The minimum Gasteiger partial charge on any atom is -0.304 e. The van der Waals surface area contributed by atoms with E-state index in [2.05, 4.69) is 28.7 Å². The molecule has 110 valence electrons. The molecule has 2 aliphatic heterocycles. The SMILES string of the molecule is C[C@H](CN1CCN(C)CC1)N1CCC2(CCCC2)C1. The van der Waals surface area contributed by atoms with Crippen LogP contribution in [-0.4, -0.2) is 73.6 Å². The molecule has 0 amide bonds. The molecule has 0 unspecified atom stereocenters. The third kappa shape index (κ3) is 3.14. The Morgan fingerprint density at radius 3 is 2.32 bits per heavy atom. The lowest BCUT2D eigenvalue weighted by Crippen LogP contribution is -2.49. The maximum Gasteiger partial charge on any atom is 0.0195 e. The van der Waals surface area contributed by atoms with Crippen molar-refractivity contribution < 1.29 is 0 Å². The topological polar surface area (TPSA) is 9.72 Å². The molecule has 3 heteroatoms. The Morgan fingerprint density at radius 1 is 0.947 bits per heavy atom. The smallest absolute Gasteiger partial charge is 0.0195 e. The zero-order valence-electron chi connectivity index (χ0n) is 12.9. The summed E-state index contributed by atoms with van der Waals surface area (Å²) in [5.74, 6) is 0. The molecule has 3 aliphatic rings. The van der Waals surface area contributed by atoms with Crippen LogP contribution in [0.5, 0.6) is 0 Å². The molecule has 1 spiro atoms. The quantitative estimate of drug-likeness (QED) is 0.771. The Labute approximate surface area is 118 Å². The lowest BCUT2D eigenvalue weighted by Gasteiger charge is -2.36. The number of hydrogen-bond donors (Lipinski definition) is 0. The van der Waals surface area contributed by atoms with Crippen molar-refractivity contribution in [2.24, 2.45) is 5.41 Å².